The van der Waals surface area contributed by atoms with E-state index in [2.05, 4.69) is 134 Å². The van der Waals surface area contributed by atoms with E-state index in [1.54, 1.807) is 0 Å². The molecule has 1 aliphatic heterocycles. The Labute approximate surface area is 267 Å². The number of furan rings is 1. The molecule has 0 saturated carbocycles. The van der Waals surface area contributed by atoms with Crippen molar-refractivity contribution in [2.24, 2.45) is 0 Å². The zero-order valence-corrected chi connectivity index (χ0v) is 25.7. The molecule has 4 heteroatoms. The molecule has 7 aromatic rings. The number of allylic oxidation sites excluding steroid dienone is 2. The fourth-order valence-electron chi connectivity index (χ4n) is 7.20. The van der Waals surface area contributed by atoms with Gasteiger partial charge in [-0.15, -0.1) is 0 Å². The van der Waals surface area contributed by atoms with Crippen molar-refractivity contribution in [3.63, 3.8) is 0 Å². The Morgan fingerprint density at radius 1 is 0.609 bits per heavy atom. The highest BCUT2D eigenvalue weighted by atomic mass is 16.3. The van der Waals surface area contributed by atoms with Crippen molar-refractivity contribution in [2.75, 3.05) is 6.54 Å². The van der Waals surface area contributed by atoms with E-state index in [9.17, 15) is 0 Å². The molecule has 1 N–H and O–H groups in total. The Bertz CT molecular complexity index is 2410. The minimum atomic E-state index is -0.115. The summed E-state index contributed by atoms with van der Waals surface area (Å²) in [5.74, 6) is 0.712. The molecule has 0 fully saturated rings. The maximum absolute atomic E-state index is 6.15. The molecule has 0 amide bonds. The van der Waals surface area contributed by atoms with Crippen LogP contribution in [0.2, 0.25) is 0 Å². The van der Waals surface area contributed by atoms with Crippen molar-refractivity contribution < 1.29 is 4.42 Å². The minimum Gasteiger partial charge on any atom is -0.456 e. The predicted octanol–water partition coefficient (Wildman–Crippen LogP) is 10.2. The molecule has 0 unspecified atom stereocenters. The van der Waals surface area contributed by atoms with Gasteiger partial charge in [-0.25, -0.2) is 9.97 Å². The highest BCUT2D eigenvalue weighted by Crippen LogP contribution is 2.49. The second kappa shape index (κ2) is 10.1. The number of para-hydroxylation sites is 1. The Balaban J connectivity index is 1.26. The van der Waals surface area contributed by atoms with E-state index < -0.39 is 0 Å². The van der Waals surface area contributed by atoms with Gasteiger partial charge >= 0.3 is 0 Å². The van der Waals surface area contributed by atoms with Gasteiger partial charge in [0.25, 0.3) is 0 Å². The lowest BCUT2D eigenvalue weighted by atomic mass is 9.82. The molecule has 0 saturated heterocycles. The molecule has 3 heterocycles. The van der Waals surface area contributed by atoms with Gasteiger partial charge in [0.2, 0.25) is 0 Å². The van der Waals surface area contributed by atoms with Crippen molar-refractivity contribution in [2.45, 2.75) is 19.3 Å². The number of nitrogens with one attached hydrogen (secondary N) is 1. The molecular weight excluding hydrogens is 562 g/mol. The topological polar surface area (TPSA) is 51.0 Å². The fourth-order valence-corrected chi connectivity index (χ4v) is 7.20. The average Bonchev–Trinajstić information content (AvgIpc) is 3.60. The first-order valence-electron chi connectivity index (χ1n) is 15.8. The van der Waals surface area contributed by atoms with Gasteiger partial charge in [0.05, 0.1) is 11.4 Å². The van der Waals surface area contributed by atoms with Gasteiger partial charge in [-0.1, -0.05) is 98.8 Å². The molecule has 0 radical (unpaired) electrons. The third kappa shape index (κ3) is 4.14. The molecule has 1 aliphatic carbocycles. The molecule has 2 aromatic heterocycles. The number of hydrogen-bond acceptors (Lipinski definition) is 4. The van der Waals surface area contributed by atoms with Gasteiger partial charge < -0.3 is 9.73 Å². The van der Waals surface area contributed by atoms with Gasteiger partial charge in [0.15, 0.2) is 5.82 Å². The number of nitrogens with zero attached hydrogens (tertiary/aromatic N) is 2. The van der Waals surface area contributed by atoms with Crippen molar-refractivity contribution in [1.29, 1.82) is 0 Å². The SMILES string of the molecule is CC1(C)c2ccccc2-c2ccc(-c3nc(-c4ccc5oc6ccccc6c5c4)cc(-c4ccccc4C4=CCNC=C4)n3)cc21. The highest BCUT2D eigenvalue weighted by molar-refractivity contribution is 6.06. The molecule has 220 valence electrons. The first kappa shape index (κ1) is 26.6. The monoisotopic (exact) mass is 593 g/mol. The highest BCUT2D eigenvalue weighted by Gasteiger charge is 2.35. The summed E-state index contributed by atoms with van der Waals surface area (Å²) in [7, 11) is 0. The number of aromatic nitrogens is 2. The van der Waals surface area contributed by atoms with Crippen LogP contribution in [0.5, 0.6) is 0 Å². The maximum atomic E-state index is 6.15. The maximum Gasteiger partial charge on any atom is 0.160 e. The zero-order valence-electron chi connectivity index (χ0n) is 25.7. The summed E-state index contributed by atoms with van der Waals surface area (Å²) in [6.45, 7) is 5.42. The summed E-state index contributed by atoms with van der Waals surface area (Å²) in [5.41, 5.74) is 14.1. The minimum absolute atomic E-state index is 0.115. The number of hydrogen-bond donors (Lipinski definition) is 1. The number of dihydropyridines is 1. The molecular formula is C42H31N3O. The Kier molecular flexibility index (Phi) is 5.88. The lowest BCUT2D eigenvalue weighted by molar-refractivity contribution is 0.660. The second-order valence-electron chi connectivity index (χ2n) is 12.6. The molecule has 0 atom stereocenters. The van der Waals surface area contributed by atoms with E-state index in [0.717, 1.165) is 62.1 Å². The number of fused-ring (bicyclic) bond motifs is 6. The molecule has 4 nitrogen and oxygen atoms in total. The number of rotatable bonds is 4. The molecule has 5 aromatic carbocycles. The van der Waals surface area contributed by atoms with Gasteiger partial charge in [-0.3, -0.25) is 0 Å². The second-order valence-corrected chi connectivity index (χ2v) is 12.6. The summed E-state index contributed by atoms with van der Waals surface area (Å²) < 4.78 is 6.15. The van der Waals surface area contributed by atoms with Crippen LogP contribution in [-0.2, 0) is 5.41 Å². The summed E-state index contributed by atoms with van der Waals surface area (Å²) in [6, 6.07) is 40.7. The van der Waals surface area contributed by atoms with Crippen LogP contribution < -0.4 is 5.32 Å². The van der Waals surface area contributed by atoms with Crippen LogP contribution in [0, 0.1) is 0 Å². The Morgan fingerprint density at radius 2 is 1.33 bits per heavy atom. The fraction of sp³-hybridized carbons (Fsp3) is 0.0952. The standard InChI is InChI=1S/C42H31N3O/c1-42(2)35-13-7-5-10-30(35)31-17-15-28(24-36(31)42)41-44-37(27-16-18-40-34(23-27)33-12-6-8-14-39(33)46-40)25-38(45-41)32-11-4-3-9-29(32)26-19-21-43-22-20-26/h3-21,23-25,43H,22H2,1-2H3. The van der Waals surface area contributed by atoms with Crippen LogP contribution in [0.1, 0.15) is 30.5 Å². The Hall–Kier alpha value is -5.74. The quantitative estimate of drug-likeness (QED) is 0.221. The van der Waals surface area contributed by atoms with E-state index >= 15 is 0 Å². The summed E-state index contributed by atoms with van der Waals surface area (Å²) >= 11 is 0. The first-order chi connectivity index (χ1) is 22.5. The van der Waals surface area contributed by atoms with Crippen LogP contribution in [0.4, 0.5) is 0 Å². The summed E-state index contributed by atoms with van der Waals surface area (Å²) in [6.07, 6.45) is 6.36. The molecule has 2 aliphatic rings. The number of benzene rings is 5. The summed E-state index contributed by atoms with van der Waals surface area (Å²) in [4.78, 5) is 10.5. The smallest absolute Gasteiger partial charge is 0.160 e. The van der Waals surface area contributed by atoms with Crippen LogP contribution in [0.15, 0.2) is 138 Å². The van der Waals surface area contributed by atoms with E-state index in [1.165, 1.54) is 27.8 Å². The normalized spacial score (nSPS) is 14.6. The van der Waals surface area contributed by atoms with Gasteiger partial charge in [0.1, 0.15) is 11.2 Å². The molecule has 0 bridgehead atoms. The molecule has 0 spiro atoms. The largest absolute Gasteiger partial charge is 0.456 e. The van der Waals surface area contributed by atoms with E-state index in [-0.39, 0.29) is 5.41 Å². The summed E-state index contributed by atoms with van der Waals surface area (Å²) in [5, 5.41) is 5.46. The van der Waals surface area contributed by atoms with Gasteiger partial charge in [-0.2, -0.15) is 0 Å². The zero-order chi connectivity index (χ0) is 30.8. The van der Waals surface area contributed by atoms with Gasteiger partial charge in [0, 0.05) is 39.4 Å². The lowest BCUT2D eigenvalue weighted by Crippen LogP contribution is -2.15. The Morgan fingerprint density at radius 3 is 2.20 bits per heavy atom. The van der Waals surface area contributed by atoms with Crippen molar-refractivity contribution >= 4 is 27.5 Å². The van der Waals surface area contributed by atoms with Crippen LogP contribution in [0.3, 0.4) is 0 Å². The molecule has 9 rings (SSSR count). The van der Waals surface area contributed by atoms with Crippen molar-refractivity contribution in [3.8, 4) is 45.0 Å². The van der Waals surface area contributed by atoms with Gasteiger partial charge in [-0.05, 0) is 82.1 Å². The average molecular weight is 594 g/mol. The molecule has 46 heavy (non-hydrogen) atoms. The van der Waals surface area contributed by atoms with Crippen molar-refractivity contribution in [3.05, 3.63) is 150 Å². The van der Waals surface area contributed by atoms with Crippen LogP contribution in [-0.4, -0.2) is 16.5 Å². The van der Waals surface area contributed by atoms with Crippen LogP contribution in [0.25, 0.3) is 72.5 Å². The van der Waals surface area contributed by atoms with E-state index in [1.807, 2.05) is 18.3 Å². The third-order valence-corrected chi connectivity index (χ3v) is 9.57. The lowest BCUT2D eigenvalue weighted by Gasteiger charge is -2.22. The van der Waals surface area contributed by atoms with E-state index in [4.69, 9.17) is 14.4 Å². The third-order valence-electron chi connectivity index (χ3n) is 9.57. The first-order valence-corrected chi connectivity index (χ1v) is 15.8. The predicted molar refractivity (Wildman–Crippen MR) is 188 cm³/mol. The van der Waals surface area contributed by atoms with E-state index in [0.29, 0.717) is 5.82 Å². The van der Waals surface area contributed by atoms with Crippen molar-refractivity contribution in [1.82, 2.24) is 15.3 Å². The van der Waals surface area contributed by atoms with Crippen LogP contribution >= 0.6 is 0 Å².